The highest BCUT2D eigenvalue weighted by Gasteiger charge is 2.39. The normalized spacial score (nSPS) is 18.2. The van der Waals surface area contributed by atoms with E-state index in [1.807, 2.05) is 34.9 Å². The minimum Gasteiger partial charge on any atom is -0.465 e. The molecular formula is C28H31FN2O4. The molecule has 2 aliphatic rings. The molecule has 0 saturated heterocycles. The van der Waals surface area contributed by atoms with Crippen LogP contribution in [-0.4, -0.2) is 35.2 Å². The average molecular weight is 479 g/mol. The number of carbonyl (C=O) groups is 2. The van der Waals surface area contributed by atoms with Gasteiger partial charge < -0.3 is 19.4 Å². The largest absolute Gasteiger partial charge is 0.465 e. The molecule has 0 aliphatic heterocycles. The molecule has 184 valence electrons. The van der Waals surface area contributed by atoms with Gasteiger partial charge in [-0.05, 0) is 74.3 Å². The molecule has 6 nitrogen and oxygen atoms in total. The van der Waals surface area contributed by atoms with E-state index in [0.717, 1.165) is 53.4 Å². The van der Waals surface area contributed by atoms with Gasteiger partial charge in [0.15, 0.2) is 0 Å². The summed E-state index contributed by atoms with van der Waals surface area (Å²) in [5.74, 6) is -0.518. The van der Waals surface area contributed by atoms with Crippen molar-refractivity contribution in [3.8, 4) is 0 Å². The first-order chi connectivity index (χ1) is 17.0. The highest BCUT2D eigenvalue weighted by atomic mass is 19.1. The van der Waals surface area contributed by atoms with Gasteiger partial charge in [0.05, 0.1) is 6.61 Å². The summed E-state index contributed by atoms with van der Waals surface area (Å²) in [5, 5.41) is 4.40. The number of hydrogen-bond acceptors (Lipinski definition) is 5. The Balaban J connectivity index is 1.33. The Morgan fingerprint density at radius 2 is 1.91 bits per heavy atom. The minimum absolute atomic E-state index is 0.0716. The topological polar surface area (TPSA) is 69.6 Å². The van der Waals surface area contributed by atoms with Crippen molar-refractivity contribution in [3.05, 3.63) is 71.2 Å². The number of nitrogens with one attached hydrogen (secondary N) is 1. The molecule has 3 aromatic rings. The number of carbonyl (C=O) groups excluding carboxylic acids is 2. The second kappa shape index (κ2) is 10.2. The number of aromatic nitrogens is 1. The molecule has 2 aliphatic carbocycles. The molecule has 0 amide bonds. The minimum atomic E-state index is -0.338. The first kappa shape index (κ1) is 23.5. The standard InChI is InChI=1S/C28H31FN2O4/c1-2-34-26(32)16-31-24-12-10-20(29)14-22(24)23-15-21(11-13-25(23)31)30-27(19-8-9-19)28(33)35-17-18-6-4-3-5-7-18/h3-7,10,12,14,19,21,27,30H,2,8-9,11,13,15-17H2,1H3/t21-,27?/m0/s1. The first-order valence-corrected chi connectivity index (χ1v) is 12.4. The Kier molecular flexibility index (Phi) is 6.86. The Bertz CT molecular complexity index is 1220. The lowest BCUT2D eigenvalue weighted by Crippen LogP contribution is -2.47. The second-order valence-electron chi connectivity index (χ2n) is 9.49. The Hall–Kier alpha value is -3.19. The summed E-state index contributed by atoms with van der Waals surface area (Å²) in [6.45, 7) is 2.48. The smallest absolute Gasteiger partial charge is 0.325 e. The van der Waals surface area contributed by atoms with Crippen molar-refractivity contribution in [2.45, 2.75) is 64.3 Å². The molecule has 2 aromatic carbocycles. The molecule has 0 bridgehead atoms. The van der Waals surface area contributed by atoms with Crippen molar-refractivity contribution < 1.29 is 23.5 Å². The summed E-state index contributed by atoms with van der Waals surface area (Å²) in [4.78, 5) is 25.2. The van der Waals surface area contributed by atoms with Crippen LogP contribution < -0.4 is 5.32 Å². The van der Waals surface area contributed by atoms with E-state index in [-0.39, 0.29) is 43.0 Å². The monoisotopic (exact) mass is 478 g/mol. The van der Waals surface area contributed by atoms with Gasteiger partial charge in [-0.3, -0.25) is 9.59 Å². The van der Waals surface area contributed by atoms with E-state index in [1.165, 1.54) is 6.07 Å². The van der Waals surface area contributed by atoms with E-state index < -0.39 is 0 Å². The number of benzene rings is 2. The second-order valence-corrected chi connectivity index (χ2v) is 9.49. The fourth-order valence-corrected chi connectivity index (χ4v) is 5.18. The fraction of sp³-hybridized carbons (Fsp3) is 0.429. The van der Waals surface area contributed by atoms with E-state index in [0.29, 0.717) is 18.9 Å². The van der Waals surface area contributed by atoms with Crippen LogP contribution in [0.25, 0.3) is 10.9 Å². The summed E-state index contributed by atoms with van der Waals surface area (Å²) >= 11 is 0. The summed E-state index contributed by atoms with van der Waals surface area (Å²) < 4.78 is 27.0. The maximum absolute atomic E-state index is 14.2. The van der Waals surface area contributed by atoms with Crippen molar-refractivity contribution in [1.82, 2.24) is 9.88 Å². The van der Waals surface area contributed by atoms with Crippen LogP contribution in [0.2, 0.25) is 0 Å². The van der Waals surface area contributed by atoms with Crippen molar-refractivity contribution in [2.24, 2.45) is 5.92 Å². The summed E-state index contributed by atoms with van der Waals surface area (Å²) in [6.07, 6.45) is 4.25. The fourth-order valence-electron chi connectivity index (χ4n) is 5.18. The van der Waals surface area contributed by atoms with Crippen LogP contribution in [-0.2, 0) is 45.1 Å². The van der Waals surface area contributed by atoms with Gasteiger partial charge in [-0.25, -0.2) is 4.39 Å². The van der Waals surface area contributed by atoms with Gasteiger partial charge in [-0.15, -0.1) is 0 Å². The van der Waals surface area contributed by atoms with Crippen LogP contribution in [0.15, 0.2) is 48.5 Å². The van der Waals surface area contributed by atoms with Gasteiger partial charge in [0, 0.05) is 22.6 Å². The average Bonchev–Trinajstić information content (AvgIpc) is 3.66. The summed E-state index contributed by atoms with van der Waals surface area (Å²) in [6, 6.07) is 14.1. The lowest BCUT2D eigenvalue weighted by molar-refractivity contribution is -0.148. The maximum atomic E-state index is 14.2. The van der Waals surface area contributed by atoms with Crippen molar-refractivity contribution in [2.75, 3.05) is 6.61 Å². The first-order valence-electron chi connectivity index (χ1n) is 12.4. The SMILES string of the molecule is CCOC(=O)Cn1c2c(c3cc(F)ccc31)C[C@@H](NC(C(=O)OCc1ccccc1)C1CC1)CC2. The maximum Gasteiger partial charge on any atom is 0.325 e. The molecular weight excluding hydrogens is 447 g/mol. The number of rotatable bonds is 9. The quantitative estimate of drug-likeness (QED) is 0.464. The van der Waals surface area contributed by atoms with Crippen LogP contribution in [0.5, 0.6) is 0 Å². The molecule has 1 aromatic heterocycles. The molecule has 1 fully saturated rings. The molecule has 35 heavy (non-hydrogen) atoms. The van der Waals surface area contributed by atoms with E-state index in [1.54, 1.807) is 19.1 Å². The molecule has 1 N–H and O–H groups in total. The van der Waals surface area contributed by atoms with Gasteiger partial charge in [0.1, 0.15) is 25.0 Å². The zero-order chi connectivity index (χ0) is 24.4. The van der Waals surface area contributed by atoms with Gasteiger partial charge in [0.25, 0.3) is 0 Å². The number of nitrogens with zero attached hydrogens (tertiary/aromatic N) is 1. The number of fused-ring (bicyclic) bond motifs is 3. The van der Waals surface area contributed by atoms with Crippen LogP contribution in [0.1, 0.15) is 43.0 Å². The summed E-state index contributed by atoms with van der Waals surface area (Å²) in [5.41, 5.74) is 3.89. The van der Waals surface area contributed by atoms with Crippen LogP contribution in [0, 0.1) is 11.7 Å². The summed E-state index contributed by atoms with van der Waals surface area (Å²) in [7, 11) is 0. The number of hydrogen-bond donors (Lipinski definition) is 1. The van der Waals surface area contributed by atoms with Gasteiger partial charge >= 0.3 is 11.9 Å². The van der Waals surface area contributed by atoms with Crippen LogP contribution >= 0.6 is 0 Å². The molecule has 1 unspecified atom stereocenters. The molecule has 1 heterocycles. The van der Waals surface area contributed by atoms with E-state index >= 15 is 0 Å². The number of ether oxygens (including phenoxy) is 2. The molecule has 0 spiro atoms. The lowest BCUT2D eigenvalue weighted by atomic mass is 9.90. The molecule has 5 rings (SSSR count). The Morgan fingerprint density at radius 3 is 2.66 bits per heavy atom. The van der Waals surface area contributed by atoms with Gasteiger partial charge in [0.2, 0.25) is 0 Å². The van der Waals surface area contributed by atoms with E-state index in [4.69, 9.17) is 9.47 Å². The van der Waals surface area contributed by atoms with Crippen LogP contribution in [0.3, 0.4) is 0 Å². The van der Waals surface area contributed by atoms with Crippen molar-refractivity contribution in [1.29, 1.82) is 0 Å². The number of halogens is 1. The zero-order valence-electron chi connectivity index (χ0n) is 20.0. The van der Waals surface area contributed by atoms with E-state index in [9.17, 15) is 14.0 Å². The lowest BCUT2D eigenvalue weighted by Gasteiger charge is -2.29. The highest BCUT2D eigenvalue weighted by Crippen LogP contribution is 2.36. The third-order valence-corrected chi connectivity index (χ3v) is 7.01. The van der Waals surface area contributed by atoms with Gasteiger partial charge in [-0.1, -0.05) is 30.3 Å². The van der Waals surface area contributed by atoms with Crippen molar-refractivity contribution >= 4 is 22.8 Å². The Labute approximate surface area is 204 Å². The predicted octanol–water partition coefficient (Wildman–Crippen LogP) is 4.31. The number of esters is 2. The third-order valence-electron chi connectivity index (χ3n) is 7.01. The molecule has 1 saturated carbocycles. The molecule has 2 atom stereocenters. The van der Waals surface area contributed by atoms with Crippen molar-refractivity contribution in [3.63, 3.8) is 0 Å². The Morgan fingerprint density at radius 1 is 1.11 bits per heavy atom. The third kappa shape index (κ3) is 5.25. The zero-order valence-corrected chi connectivity index (χ0v) is 20.0. The molecule has 0 radical (unpaired) electrons. The van der Waals surface area contributed by atoms with Gasteiger partial charge in [-0.2, -0.15) is 0 Å². The van der Waals surface area contributed by atoms with Crippen LogP contribution in [0.4, 0.5) is 4.39 Å². The highest BCUT2D eigenvalue weighted by molar-refractivity contribution is 5.87. The molecule has 7 heteroatoms. The predicted molar refractivity (Wildman–Crippen MR) is 130 cm³/mol. The van der Waals surface area contributed by atoms with E-state index in [2.05, 4.69) is 5.32 Å².